The first-order valence-corrected chi connectivity index (χ1v) is 11.0. The Labute approximate surface area is 196 Å². The fourth-order valence-electron chi connectivity index (χ4n) is 4.86. The molecule has 2 amide bonds. The second-order valence-electron chi connectivity index (χ2n) is 8.43. The van der Waals surface area contributed by atoms with Crippen LogP contribution in [0.1, 0.15) is 28.1 Å². The molecule has 4 aromatic rings. The smallest absolute Gasteiger partial charge is 0.256 e. The number of benzene rings is 2. The van der Waals surface area contributed by atoms with Crippen molar-refractivity contribution in [1.29, 1.82) is 0 Å². The zero-order valence-corrected chi connectivity index (χ0v) is 18.2. The number of aromatic nitrogens is 2. The van der Waals surface area contributed by atoms with Crippen molar-refractivity contribution in [3.8, 4) is 0 Å². The summed E-state index contributed by atoms with van der Waals surface area (Å²) in [6.07, 6.45) is 5.61. The molecule has 164 valence electrons. The molecule has 2 aliphatic heterocycles. The highest BCUT2D eigenvalue weighted by Crippen LogP contribution is 2.47. The quantitative estimate of drug-likeness (QED) is 0.456. The van der Waals surface area contributed by atoms with E-state index in [0.29, 0.717) is 17.7 Å². The highest BCUT2D eigenvalue weighted by Gasteiger charge is 2.49. The molecule has 2 N–H and O–H groups in total. The number of nitrogens with one attached hydrogen (secondary N) is 2. The van der Waals surface area contributed by atoms with Crippen molar-refractivity contribution in [3.05, 3.63) is 119 Å². The lowest BCUT2D eigenvalue weighted by molar-refractivity contribution is -0.119. The first-order chi connectivity index (χ1) is 16.6. The maximum Gasteiger partial charge on any atom is 0.256 e. The summed E-state index contributed by atoms with van der Waals surface area (Å²) in [6.45, 7) is 0. The zero-order valence-electron chi connectivity index (χ0n) is 18.2. The molecule has 6 nitrogen and oxygen atoms in total. The minimum atomic E-state index is -0.971. The van der Waals surface area contributed by atoms with Crippen LogP contribution in [0.2, 0.25) is 0 Å². The largest absolute Gasteiger partial charge is 0.325 e. The van der Waals surface area contributed by atoms with E-state index in [0.717, 1.165) is 33.8 Å². The van der Waals surface area contributed by atoms with Gasteiger partial charge < -0.3 is 10.6 Å². The van der Waals surface area contributed by atoms with Crippen LogP contribution in [0.5, 0.6) is 0 Å². The molecule has 1 unspecified atom stereocenters. The maximum atomic E-state index is 13.6. The van der Waals surface area contributed by atoms with Gasteiger partial charge in [-0.2, -0.15) is 0 Å². The number of carbonyl (C=O) groups is 2. The van der Waals surface area contributed by atoms with Gasteiger partial charge in [0.1, 0.15) is 5.41 Å². The predicted molar refractivity (Wildman–Crippen MR) is 131 cm³/mol. The fraction of sp³-hybridized carbons (Fsp3) is 0.0714. The van der Waals surface area contributed by atoms with Crippen LogP contribution in [-0.2, 0) is 21.4 Å². The zero-order chi connectivity index (χ0) is 23.1. The topological polar surface area (TPSA) is 84.0 Å². The molecule has 4 heterocycles. The van der Waals surface area contributed by atoms with Crippen molar-refractivity contribution in [2.75, 3.05) is 10.6 Å². The van der Waals surface area contributed by atoms with Gasteiger partial charge in [-0.15, -0.1) is 0 Å². The molecule has 6 rings (SSSR count). The van der Waals surface area contributed by atoms with Crippen LogP contribution < -0.4 is 10.6 Å². The van der Waals surface area contributed by atoms with Crippen LogP contribution in [0.25, 0.3) is 11.6 Å². The second-order valence-corrected chi connectivity index (χ2v) is 8.43. The molecular formula is C28H20N4O2. The number of pyridine rings is 2. The number of carbonyl (C=O) groups excluding carboxylic acids is 2. The number of para-hydroxylation sites is 1. The first kappa shape index (κ1) is 20.1. The minimum Gasteiger partial charge on any atom is -0.325 e. The van der Waals surface area contributed by atoms with E-state index in [1.54, 1.807) is 18.5 Å². The fourth-order valence-corrected chi connectivity index (χ4v) is 4.86. The number of anilines is 2. The predicted octanol–water partition coefficient (Wildman–Crippen LogP) is 4.45. The number of rotatable bonds is 4. The molecule has 2 aliphatic rings. The highest BCUT2D eigenvalue weighted by atomic mass is 16.2. The van der Waals surface area contributed by atoms with Gasteiger partial charge in [0, 0.05) is 41.4 Å². The third kappa shape index (κ3) is 3.11. The summed E-state index contributed by atoms with van der Waals surface area (Å²) in [7, 11) is 0. The Balaban J connectivity index is 1.54. The van der Waals surface area contributed by atoms with Crippen molar-refractivity contribution in [1.82, 2.24) is 9.97 Å². The summed E-state index contributed by atoms with van der Waals surface area (Å²) in [5, 5.41) is 5.99. The third-order valence-electron chi connectivity index (χ3n) is 6.47. The molecule has 0 aliphatic carbocycles. The monoisotopic (exact) mass is 444 g/mol. The van der Waals surface area contributed by atoms with Gasteiger partial charge in [0.15, 0.2) is 0 Å². The van der Waals surface area contributed by atoms with Gasteiger partial charge in [0.05, 0.1) is 11.3 Å². The molecule has 34 heavy (non-hydrogen) atoms. The number of fused-ring (bicyclic) bond motifs is 2. The molecule has 0 spiro atoms. The van der Waals surface area contributed by atoms with E-state index in [1.165, 1.54) is 0 Å². The molecule has 0 bridgehead atoms. The maximum absolute atomic E-state index is 13.6. The lowest BCUT2D eigenvalue weighted by Crippen LogP contribution is -2.38. The molecule has 2 aromatic carbocycles. The molecule has 0 fully saturated rings. The summed E-state index contributed by atoms with van der Waals surface area (Å²) < 4.78 is 0. The van der Waals surface area contributed by atoms with Gasteiger partial charge in [-0.3, -0.25) is 19.6 Å². The lowest BCUT2D eigenvalue weighted by atomic mass is 9.71. The normalized spacial score (nSPS) is 19.5. The second kappa shape index (κ2) is 7.78. The Morgan fingerprint density at radius 2 is 1.59 bits per heavy atom. The van der Waals surface area contributed by atoms with Gasteiger partial charge in [-0.25, -0.2) is 0 Å². The Morgan fingerprint density at radius 3 is 2.38 bits per heavy atom. The molecule has 6 heteroatoms. The van der Waals surface area contributed by atoms with E-state index >= 15 is 0 Å². The number of nitrogens with zero attached hydrogens (tertiary/aromatic N) is 2. The summed E-state index contributed by atoms with van der Waals surface area (Å²) in [5.41, 5.74) is 5.04. The van der Waals surface area contributed by atoms with Crippen molar-refractivity contribution in [2.45, 2.75) is 11.8 Å². The standard InChI is InChI=1S/C28H20N4O2/c33-26-22(16-19-7-3-5-13-29-19)21-15-18(11-12-24(21)31-26)28(17-20-8-4-6-14-30-20)23-9-1-2-10-25(23)32-27(28)34/h1-16H,17H2,(H,31,33)(H,32,34)/b22-16+. The van der Waals surface area contributed by atoms with E-state index in [-0.39, 0.29) is 11.8 Å². The Morgan fingerprint density at radius 1 is 0.794 bits per heavy atom. The van der Waals surface area contributed by atoms with Crippen LogP contribution >= 0.6 is 0 Å². The first-order valence-electron chi connectivity index (χ1n) is 11.0. The summed E-state index contributed by atoms with van der Waals surface area (Å²) in [5.74, 6) is -0.292. The van der Waals surface area contributed by atoms with Crippen LogP contribution in [0.4, 0.5) is 11.4 Å². The SMILES string of the molecule is O=C1Nc2ccc(C3(Cc4ccccn4)C(=O)Nc4ccccc43)cc2/C1=C\c1ccccn1. The van der Waals surface area contributed by atoms with E-state index < -0.39 is 5.41 Å². The van der Waals surface area contributed by atoms with Crippen LogP contribution in [0, 0.1) is 0 Å². The molecule has 1 atom stereocenters. The van der Waals surface area contributed by atoms with Crippen LogP contribution in [0.15, 0.2) is 91.3 Å². The van der Waals surface area contributed by atoms with Crippen molar-refractivity contribution in [3.63, 3.8) is 0 Å². The van der Waals surface area contributed by atoms with Gasteiger partial charge in [0.2, 0.25) is 5.91 Å². The summed E-state index contributed by atoms with van der Waals surface area (Å²) in [4.78, 5) is 35.3. The Kier molecular flexibility index (Phi) is 4.59. The summed E-state index contributed by atoms with van der Waals surface area (Å²) >= 11 is 0. The average molecular weight is 444 g/mol. The van der Waals surface area contributed by atoms with Crippen molar-refractivity contribution < 1.29 is 9.59 Å². The molecule has 2 aromatic heterocycles. The van der Waals surface area contributed by atoms with Crippen LogP contribution in [0.3, 0.4) is 0 Å². The van der Waals surface area contributed by atoms with E-state index in [2.05, 4.69) is 20.6 Å². The number of amides is 2. The Hall–Kier alpha value is -4.58. The van der Waals surface area contributed by atoms with Gasteiger partial charge in [0.25, 0.3) is 5.91 Å². The van der Waals surface area contributed by atoms with Gasteiger partial charge >= 0.3 is 0 Å². The van der Waals surface area contributed by atoms with E-state index in [4.69, 9.17) is 0 Å². The van der Waals surface area contributed by atoms with Crippen LogP contribution in [-0.4, -0.2) is 21.8 Å². The van der Waals surface area contributed by atoms with Gasteiger partial charge in [-0.1, -0.05) is 36.4 Å². The number of hydrogen-bond donors (Lipinski definition) is 2. The highest BCUT2D eigenvalue weighted by molar-refractivity contribution is 6.35. The molecule has 0 saturated heterocycles. The van der Waals surface area contributed by atoms with E-state index in [1.807, 2.05) is 78.9 Å². The van der Waals surface area contributed by atoms with Gasteiger partial charge in [-0.05, 0) is 59.7 Å². The minimum absolute atomic E-state index is 0.105. The third-order valence-corrected chi connectivity index (χ3v) is 6.47. The Bertz CT molecular complexity index is 1460. The lowest BCUT2D eigenvalue weighted by Gasteiger charge is -2.28. The van der Waals surface area contributed by atoms with Crippen molar-refractivity contribution in [2.24, 2.45) is 0 Å². The molecule has 0 saturated carbocycles. The average Bonchev–Trinajstić information content (AvgIpc) is 3.33. The molecule has 0 radical (unpaired) electrons. The molecular weight excluding hydrogens is 424 g/mol. The summed E-state index contributed by atoms with van der Waals surface area (Å²) in [6, 6.07) is 24.8. The van der Waals surface area contributed by atoms with Crippen molar-refractivity contribution >= 4 is 34.8 Å². The van der Waals surface area contributed by atoms with E-state index in [9.17, 15) is 9.59 Å². The number of hydrogen-bond acceptors (Lipinski definition) is 4.